The molecule has 0 aliphatic carbocycles. The van der Waals surface area contributed by atoms with Gasteiger partial charge in [0.05, 0.1) is 11.1 Å². The van der Waals surface area contributed by atoms with Crippen LogP contribution in [0.3, 0.4) is 0 Å². The minimum absolute atomic E-state index is 0.0677. The lowest BCUT2D eigenvalue weighted by atomic mass is 10.0. The maximum Gasteiger partial charge on any atom is 0.498 e. The lowest BCUT2D eigenvalue weighted by Gasteiger charge is -2.23. The highest BCUT2D eigenvalue weighted by atomic mass is 28.4. The van der Waals surface area contributed by atoms with Crippen LogP contribution in [-0.2, 0) is 27.6 Å². The summed E-state index contributed by atoms with van der Waals surface area (Å²) in [6.45, 7) is 3.45. The maximum atomic E-state index is 12.8. The van der Waals surface area contributed by atoms with Gasteiger partial charge in [-0.05, 0) is 44.0 Å². The molecule has 0 bridgehead atoms. The molecule has 0 heterocycles. The molecule has 0 unspecified atom stereocenters. The molecular weight excluding hydrogens is 358 g/mol. The van der Waals surface area contributed by atoms with Crippen LogP contribution in [0.25, 0.3) is 0 Å². The Balaban J connectivity index is 3.10. The van der Waals surface area contributed by atoms with Crippen molar-refractivity contribution in [3.63, 3.8) is 0 Å². The van der Waals surface area contributed by atoms with Crippen LogP contribution in [0.1, 0.15) is 30.5 Å². The van der Waals surface area contributed by atoms with Crippen LogP contribution in [0, 0.1) is 0 Å². The minimum Gasteiger partial charge on any atom is -0.390 e. The average molecular weight is 376 g/mol. The molecule has 1 N–H and O–H groups in total. The first-order valence-corrected chi connectivity index (χ1v) is 9.17. The van der Waals surface area contributed by atoms with Gasteiger partial charge in [0.1, 0.15) is 0 Å². The molecule has 3 nitrogen and oxygen atoms in total. The van der Waals surface area contributed by atoms with E-state index in [0.29, 0.717) is 12.1 Å². The van der Waals surface area contributed by atoms with Crippen molar-refractivity contribution in [1.29, 1.82) is 0 Å². The fourth-order valence-electron chi connectivity index (χ4n) is 2.10. The first kappa shape index (κ1) is 20.9. The van der Waals surface area contributed by atoms with E-state index >= 15 is 0 Å². The van der Waals surface area contributed by atoms with Crippen LogP contribution < -0.4 is 0 Å². The third-order valence-electron chi connectivity index (χ3n) is 3.12. The van der Waals surface area contributed by atoms with Gasteiger partial charge in [-0.2, -0.15) is 26.3 Å². The van der Waals surface area contributed by atoms with Gasteiger partial charge in [0, 0.05) is 19.3 Å². The van der Waals surface area contributed by atoms with E-state index in [2.05, 4.69) is 0 Å². The highest BCUT2D eigenvalue weighted by Gasteiger charge is 2.38. The Bertz CT molecular complexity index is 506. The molecule has 1 aromatic carbocycles. The van der Waals surface area contributed by atoms with Crippen molar-refractivity contribution >= 4 is 8.80 Å². The quantitative estimate of drug-likeness (QED) is 0.571. The van der Waals surface area contributed by atoms with Crippen LogP contribution in [0.5, 0.6) is 0 Å². The standard InChI is InChI=1S/C14H18F6O3Si/c1-3-22-24(21,23-4-2)6-5-10-7-11(13(15,16)17)9-12(8-10)14(18,19)20/h7-9,21H,3-6H2,1-2H3. The first-order chi connectivity index (χ1) is 10.9. The Labute approximate surface area is 136 Å². The number of benzene rings is 1. The van der Waals surface area contributed by atoms with Gasteiger partial charge < -0.3 is 13.6 Å². The maximum absolute atomic E-state index is 12.8. The SMILES string of the molecule is CCO[Si](O)(CCc1cc(C(F)(F)F)cc(C(F)(F)F)c1)OCC. The Morgan fingerprint density at radius 1 is 0.875 bits per heavy atom. The van der Waals surface area contributed by atoms with Gasteiger partial charge in [-0.15, -0.1) is 0 Å². The zero-order chi connectivity index (χ0) is 18.6. The topological polar surface area (TPSA) is 38.7 Å². The second-order valence-corrected chi connectivity index (χ2v) is 7.50. The van der Waals surface area contributed by atoms with Gasteiger partial charge in [0.2, 0.25) is 0 Å². The zero-order valence-electron chi connectivity index (χ0n) is 13.1. The summed E-state index contributed by atoms with van der Waals surface area (Å²) in [4.78, 5) is 10.2. The van der Waals surface area contributed by atoms with Gasteiger partial charge >= 0.3 is 21.2 Å². The lowest BCUT2D eigenvalue weighted by Crippen LogP contribution is -2.43. The summed E-state index contributed by atoms with van der Waals surface area (Å²) in [6.07, 6.45) is -10.0. The van der Waals surface area contributed by atoms with Crippen molar-refractivity contribution in [3.8, 4) is 0 Å². The summed E-state index contributed by atoms with van der Waals surface area (Å²) in [5.41, 5.74) is -2.96. The molecule has 0 fully saturated rings. The Morgan fingerprint density at radius 3 is 1.62 bits per heavy atom. The molecule has 24 heavy (non-hydrogen) atoms. The van der Waals surface area contributed by atoms with Gasteiger partial charge in [0.25, 0.3) is 0 Å². The largest absolute Gasteiger partial charge is 0.498 e. The molecule has 1 aromatic rings. The van der Waals surface area contributed by atoms with Crippen LogP contribution in [0.15, 0.2) is 18.2 Å². The van der Waals surface area contributed by atoms with Gasteiger partial charge in [0.15, 0.2) is 0 Å². The third kappa shape index (κ3) is 6.08. The first-order valence-electron chi connectivity index (χ1n) is 7.20. The molecule has 0 radical (unpaired) electrons. The van der Waals surface area contributed by atoms with Crippen LogP contribution in [0.2, 0.25) is 6.04 Å². The lowest BCUT2D eigenvalue weighted by molar-refractivity contribution is -0.143. The van der Waals surface area contributed by atoms with Gasteiger partial charge in [-0.1, -0.05) is 0 Å². The molecular formula is C14H18F6O3Si. The Hall–Kier alpha value is -1.10. The van der Waals surface area contributed by atoms with E-state index in [1.807, 2.05) is 0 Å². The van der Waals surface area contributed by atoms with E-state index < -0.39 is 32.3 Å². The highest BCUT2D eigenvalue weighted by molar-refractivity contribution is 6.59. The van der Waals surface area contributed by atoms with Crippen LogP contribution in [-0.4, -0.2) is 26.8 Å². The average Bonchev–Trinajstić information content (AvgIpc) is 2.44. The molecule has 0 aliphatic rings. The third-order valence-corrected chi connectivity index (χ3v) is 5.48. The second-order valence-electron chi connectivity index (χ2n) is 4.99. The van der Waals surface area contributed by atoms with E-state index in [-0.39, 0.29) is 37.3 Å². The van der Waals surface area contributed by atoms with Gasteiger partial charge in [-0.3, -0.25) is 0 Å². The molecule has 0 spiro atoms. The Morgan fingerprint density at radius 2 is 1.29 bits per heavy atom. The minimum atomic E-state index is -4.90. The van der Waals surface area contributed by atoms with E-state index in [1.165, 1.54) is 0 Å². The summed E-state index contributed by atoms with van der Waals surface area (Å²) in [5.74, 6) is 0. The summed E-state index contributed by atoms with van der Waals surface area (Å²) < 4.78 is 87.0. The van der Waals surface area contributed by atoms with Crippen LogP contribution >= 0.6 is 0 Å². The fourth-order valence-corrected chi connectivity index (χ4v) is 3.98. The Kier molecular flexibility index (Phi) is 6.85. The second kappa shape index (κ2) is 7.85. The number of hydrogen-bond acceptors (Lipinski definition) is 3. The predicted octanol–water partition coefficient (Wildman–Crippen LogP) is 4.27. The van der Waals surface area contributed by atoms with Gasteiger partial charge in [-0.25, -0.2) is 0 Å². The molecule has 138 valence electrons. The van der Waals surface area contributed by atoms with E-state index in [4.69, 9.17) is 8.85 Å². The van der Waals surface area contributed by atoms with Crippen molar-refractivity contribution in [3.05, 3.63) is 34.9 Å². The van der Waals surface area contributed by atoms with E-state index in [9.17, 15) is 31.1 Å². The van der Waals surface area contributed by atoms with Crippen molar-refractivity contribution in [1.82, 2.24) is 0 Å². The molecule has 0 saturated carbocycles. The highest BCUT2D eigenvalue weighted by Crippen LogP contribution is 2.36. The molecule has 0 aromatic heterocycles. The summed E-state index contributed by atoms with van der Waals surface area (Å²) in [7, 11) is -3.62. The molecule has 0 amide bonds. The van der Waals surface area contributed by atoms with Crippen molar-refractivity contribution in [2.45, 2.75) is 38.7 Å². The zero-order valence-corrected chi connectivity index (χ0v) is 14.1. The normalized spacial score (nSPS) is 13.4. The smallest absolute Gasteiger partial charge is 0.390 e. The fraction of sp³-hybridized carbons (Fsp3) is 0.571. The van der Waals surface area contributed by atoms with Crippen molar-refractivity contribution < 1.29 is 40.0 Å². The van der Waals surface area contributed by atoms with E-state index in [1.54, 1.807) is 13.8 Å². The van der Waals surface area contributed by atoms with E-state index in [0.717, 1.165) is 0 Å². The van der Waals surface area contributed by atoms with Crippen LogP contribution in [0.4, 0.5) is 26.3 Å². The summed E-state index contributed by atoms with van der Waals surface area (Å²) in [5, 5.41) is 0. The molecule has 10 heteroatoms. The number of alkyl halides is 6. The summed E-state index contributed by atoms with van der Waals surface area (Å²) >= 11 is 0. The molecule has 0 aliphatic heterocycles. The number of hydrogen-bond donors (Lipinski definition) is 1. The van der Waals surface area contributed by atoms with Crippen molar-refractivity contribution in [2.75, 3.05) is 13.2 Å². The number of rotatable bonds is 7. The molecule has 0 saturated heterocycles. The number of halogens is 6. The van der Waals surface area contributed by atoms with Crippen molar-refractivity contribution in [2.24, 2.45) is 0 Å². The number of aryl methyl sites for hydroxylation is 1. The summed E-state index contributed by atoms with van der Waals surface area (Å²) in [6, 6.07) is 1.18. The monoisotopic (exact) mass is 376 g/mol. The predicted molar refractivity (Wildman–Crippen MR) is 76.2 cm³/mol. The molecule has 1 rings (SSSR count). The molecule has 0 atom stereocenters.